The van der Waals surface area contributed by atoms with Gasteiger partial charge in [0.2, 0.25) is 0 Å². The first-order chi connectivity index (χ1) is 9.66. The SMILES string of the molecule is COc1cc([N+](=O)[O-])ccc1C(=O)NCC(O)C(F)(F)F. The third-order valence-electron chi connectivity index (χ3n) is 2.47. The number of hydrogen-bond donors (Lipinski definition) is 2. The van der Waals surface area contributed by atoms with Crippen molar-refractivity contribution in [1.82, 2.24) is 5.32 Å². The number of alkyl halides is 3. The predicted molar refractivity (Wildman–Crippen MR) is 64.0 cm³/mol. The number of nitro benzene ring substituents is 1. The van der Waals surface area contributed by atoms with E-state index in [9.17, 15) is 28.1 Å². The number of non-ortho nitro benzene ring substituents is 1. The van der Waals surface area contributed by atoms with Crippen LogP contribution in [0.5, 0.6) is 5.75 Å². The summed E-state index contributed by atoms with van der Waals surface area (Å²) < 4.78 is 41.0. The molecule has 0 spiro atoms. The van der Waals surface area contributed by atoms with E-state index in [2.05, 4.69) is 0 Å². The van der Waals surface area contributed by atoms with Crippen LogP contribution in [0.3, 0.4) is 0 Å². The average Bonchev–Trinajstić information content (AvgIpc) is 2.42. The van der Waals surface area contributed by atoms with Crippen molar-refractivity contribution >= 4 is 11.6 Å². The van der Waals surface area contributed by atoms with Gasteiger partial charge in [0.1, 0.15) is 5.75 Å². The molecule has 0 aliphatic heterocycles. The largest absolute Gasteiger partial charge is 0.496 e. The van der Waals surface area contributed by atoms with Gasteiger partial charge in [-0.05, 0) is 6.07 Å². The molecule has 21 heavy (non-hydrogen) atoms. The fraction of sp³-hybridized carbons (Fsp3) is 0.364. The molecular weight excluding hydrogens is 297 g/mol. The van der Waals surface area contributed by atoms with Gasteiger partial charge in [-0.3, -0.25) is 14.9 Å². The molecule has 0 saturated carbocycles. The molecule has 0 saturated heterocycles. The van der Waals surface area contributed by atoms with E-state index >= 15 is 0 Å². The molecule has 0 radical (unpaired) electrons. The highest BCUT2D eigenvalue weighted by Crippen LogP contribution is 2.25. The number of hydrogen-bond acceptors (Lipinski definition) is 5. The standard InChI is InChI=1S/C11H11F3N2O5/c1-21-8-4-6(16(19)20)2-3-7(8)10(18)15-5-9(17)11(12,13)14/h2-4,9,17H,5H2,1H3,(H,15,18). The molecule has 1 aromatic carbocycles. The number of carbonyl (C=O) groups is 1. The number of nitrogens with zero attached hydrogens (tertiary/aromatic N) is 1. The Labute approximate surface area is 116 Å². The van der Waals surface area contributed by atoms with Crippen LogP contribution >= 0.6 is 0 Å². The maximum atomic E-state index is 12.1. The molecule has 10 heteroatoms. The number of aliphatic hydroxyl groups excluding tert-OH is 1. The topological polar surface area (TPSA) is 102 Å². The Morgan fingerprint density at radius 1 is 1.52 bits per heavy atom. The molecule has 0 fully saturated rings. The molecule has 0 aliphatic rings. The minimum Gasteiger partial charge on any atom is -0.496 e. The summed E-state index contributed by atoms with van der Waals surface area (Å²) in [7, 11) is 1.15. The molecule has 116 valence electrons. The van der Waals surface area contributed by atoms with Crippen LogP contribution in [0.4, 0.5) is 18.9 Å². The van der Waals surface area contributed by atoms with E-state index in [4.69, 9.17) is 9.84 Å². The number of aliphatic hydroxyl groups is 1. The molecule has 7 nitrogen and oxygen atoms in total. The van der Waals surface area contributed by atoms with Crippen molar-refractivity contribution in [3.05, 3.63) is 33.9 Å². The zero-order chi connectivity index (χ0) is 16.2. The number of ether oxygens (including phenoxy) is 1. The lowest BCUT2D eigenvalue weighted by atomic mass is 10.1. The summed E-state index contributed by atoms with van der Waals surface area (Å²) in [5.74, 6) is -1.12. The van der Waals surface area contributed by atoms with E-state index in [-0.39, 0.29) is 17.0 Å². The summed E-state index contributed by atoms with van der Waals surface area (Å²) >= 11 is 0. The molecule has 1 aromatic rings. The normalized spacial score (nSPS) is 12.6. The van der Waals surface area contributed by atoms with Crippen LogP contribution in [-0.4, -0.2) is 41.9 Å². The van der Waals surface area contributed by atoms with E-state index < -0.39 is 29.7 Å². The molecule has 2 N–H and O–H groups in total. The first-order valence-electron chi connectivity index (χ1n) is 5.52. The smallest absolute Gasteiger partial charge is 0.416 e. The zero-order valence-corrected chi connectivity index (χ0v) is 10.7. The second-order valence-electron chi connectivity index (χ2n) is 3.91. The molecule has 1 atom stereocenters. The van der Waals surface area contributed by atoms with Crippen molar-refractivity contribution in [3.8, 4) is 5.75 Å². The number of rotatable bonds is 5. The van der Waals surface area contributed by atoms with Gasteiger partial charge in [0.15, 0.2) is 6.10 Å². The van der Waals surface area contributed by atoms with Crippen LogP contribution in [0, 0.1) is 10.1 Å². The number of nitro groups is 1. The van der Waals surface area contributed by atoms with Crippen LogP contribution in [0.25, 0.3) is 0 Å². The summed E-state index contributed by atoms with van der Waals surface area (Å²) in [6.45, 7) is -1.04. The van der Waals surface area contributed by atoms with E-state index in [1.54, 1.807) is 0 Å². The van der Waals surface area contributed by atoms with Crippen LogP contribution in [-0.2, 0) is 0 Å². The summed E-state index contributed by atoms with van der Waals surface area (Å²) in [4.78, 5) is 21.6. The Bertz CT molecular complexity index is 547. The average molecular weight is 308 g/mol. The first-order valence-corrected chi connectivity index (χ1v) is 5.52. The minimum absolute atomic E-state index is 0.164. The van der Waals surface area contributed by atoms with Crippen LogP contribution in [0.15, 0.2) is 18.2 Å². The molecule has 0 bridgehead atoms. The van der Waals surface area contributed by atoms with E-state index in [1.807, 2.05) is 5.32 Å². The molecule has 0 aromatic heterocycles. The Kier molecular flexibility index (Phi) is 5.08. The van der Waals surface area contributed by atoms with Crippen LogP contribution in [0.1, 0.15) is 10.4 Å². The Morgan fingerprint density at radius 3 is 2.62 bits per heavy atom. The lowest BCUT2D eigenvalue weighted by molar-refractivity contribution is -0.384. The van der Waals surface area contributed by atoms with Crippen molar-refractivity contribution < 1.29 is 32.7 Å². The number of benzene rings is 1. The second-order valence-corrected chi connectivity index (χ2v) is 3.91. The van der Waals surface area contributed by atoms with Gasteiger partial charge in [0.05, 0.1) is 30.2 Å². The van der Waals surface area contributed by atoms with E-state index in [0.29, 0.717) is 0 Å². The lowest BCUT2D eigenvalue weighted by Crippen LogP contribution is -2.40. The highest BCUT2D eigenvalue weighted by molar-refractivity contribution is 5.97. The molecule has 1 unspecified atom stereocenters. The first kappa shape index (κ1) is 16.7. The van der Waals surface area contributed by atoms with Crippen LogP contribution < -0.4 is 10.1 Å². The zero-order valence-electron chi connectivity index (χ0n) is 10.7. The Balaban J connectivity index is 2.85. The fourth-order valence-corrected chi connectivity index (χ4v) is 1.38. The number of halogens is 3. The highest BCUT2D eigenvalue weighted by Gasteiger charge is 2.38. The maximum Gasteiger partial charge on any atom is 0.416 e. The van der Waals surface area contributed by atoms with E-state index in [0.717, 1.165) is 25.3 Å². The van der Waals surface area contributed by atoms with Gasteiger partial charge in [-0.25, -0.2) is 0 Å². The minimum atomic E-state index is -4.85. The Morgan fingerprint density at radius 2 is 2.14 bits per heavy atom. The van der Waals surface area contributed by atoms with Crippen molar-refractivity contribution in [2.24, 2.45) is 0 Å². The fourth-order valence-electron chi connectivity index (χ4n) is 1.38. The van der Waals surface area contributed by atoms with Crippen molar-refractivity contribution in [1.29, 1.82) is 0 Å². The second kappa shape index (κ2) is 6.39. The van der Waals surface area contributed by atoms with Crippen molar-refractivity contribution in [2.75, 3.05) is 13.7 Å². The van der Waals surface area contributed by atoms with Crippen molar-refractivity contribution in [2.45, 2.75) is 12.3 Å². The van der Waals surface area contributed by atoms with Gasteiger partial charge in [-0.1, -0.05) is 0 Å². The summed E-state index contributed by atoms with van der Waals surface area (Å²) in [6, 6.07) is 3.03. The van der Waals surface area contributed by atoms with Crippen molar-refractivity contribution in [3.63, 3.8) is 0 Å². The third kappa shape index (κ3) is 4.31. The molecule has 1 amide bonds. The van der Waals surface area contributed by atoms with Gasteiger partial charge in [0.25, 0.3) is 11.6 Å². The molecular formula is C11H11F3N2O5. The number of methoxy groups -OCH3 is 1. The predicted octanol–water partition coefficient (Wildman–Crippen LogP) is 1.26. The van der Waals surface area contributed by atoms with E-state index in [1.165, 1.54) is 0 Å². The van der Waals surface area contributed by atoms with Gasteiger partial charge in [-0.2, -0.15) is 13.2 Å². The van der Waals surface area contributed by atoms with Gasteiger partial charge < -0.3 is 15.2 Å². The summed E-state index contributed by atoms with van der Waals surface area (Å²) in [5.41, 5.74) is -0.517. The van der Waals surface area contributed by atoms with Crippen LogP contribution in [0.2, 0.25) is 0 Å². The van der Waals surface area contributed by atoms with Gasteiger partial charge in [0, 0.05) is 6.07 Å². The molecule has 0 aliphatic carbocycles. The quantitative estimate of drug-likeness (QED) is 0.630. The van der Waals surface area contributed by atoms with Gasteiger partial charge in [-0.15, -0.1) is 0 Å². The molecule has 1 rings (SSSR count). The third-order valence-corrected chi connectivity index (χ3v) is 2.47. The number of nitrogens with one attached hydrogen (secondary N) is 1. The monoisotopic (exact) mass is 308 g/mol. The number of carbonyl (C=O) groups excluding carboxylic acids is 1. The number of amides is 1. The van der Waals surface area contributed by atoms with Gasteiger partial charge >= 0.3 is 6.18 Å². The molecule has 0 heterocycles. The lowest BCUT2D eigenvalue weighted by Gasteiger charge is -2.15. The highest BCUT2D eigenvalue weighted by atomic mass is 19.4. The summed E-state index contributed by atoms with van der Waals surface area (Å²) in [5, 5.41) is 21.2. The maximum absolute atomic E-state index is 12.1. The summed E-state index contributed by atoms with van der Waals surface area (Å²) in [6.07, 6.45) is -7.56. The Hall–Kier alpha value is -2.36.